The molecular formula is C8H8ClF2N. The van der Waals surface area contributed by atoms with Crippen molar-refractivity contribution < 1.29 is 8.78 Å². The normalized spacial score (nSPS) is 10.3. The van der Waals surface area contributed by atoms with Crippen molar-refractivity contribution in [1.82, 2.24) is 0 Å². The Morgan fingerprint density at radius 1 is 1.25 bits per heavy atom. The second-order valence-corrected chi connectivity index (χ2v) is 2.82. The molecule has 0 aliphatic carbocycles. The molecule has 0 fully saturated rings. The van der Waals surface area contributed by atoms with Crippen LogP contribution in [0.3, 0.4) is 0 Å². The Hall–Kier alpha value is -0.670. The van der Waals surface area contributed by atoms with Crippen molar-refractivity contribution in [3.05, 3.63) is 34.4 Å². The van der Waals surface area contributed by atoms with Crippen molar-refractivity contribution in [3.8, 4) is 0 Å². The van der Waals surface area contributed by atoms with E-state index in [1.165, 1.54) is 0 Å². The summed E-state index contributed by atoms with van der Waals surface area (Å²) in [5, 5.41) is 0.0609. The Labute approximate surface area is 74.1 Å². The van der Waals surface area contributed by atoms with Crippen molar-refractivity contribution in [2.24, 2.45) is 5.73 Å². The van der Waals surface area contributed by atoms with Crippen LogP contribution in [0.2, 0.25) is 5.02 Å². The van der Waals surface area contributed by atoms with Crippen LogP contribution in [0.25, 0.3) is 0 Å². The molecule has 12 heavy (non-hydrogen) atoms. The number of halogens is 3. The quantitative estimate of drug-likeness (QED) is 0.762. The average molecular weight is 192 g/mol. The van der Waals surface area contributed by atoms with E-state index in [1.807, 2.05) is 0 Å². The zero-order valence-electron chi connectivity index (χ0n) is 6.28. The molecule has 2 N–H and O–H groups in total. The number of hydrogen-bond donors (Lipinski definition) is 1. The molecule has 0 spiro atoms. The van der Waals surface area contributed by atoms with E-state index in [0.717, 1.165) is 12.1 Å². The first-order chi connectivity index (χ1) is 5.65. The second kappa shape index (κ2) is 3.83. The van der Waals surface area contributed by atoms with Crippen LogP contribution < -0.4 is 5.73 Å². The molecule has 1 aromatic carbocycles. The Morgan fingerprint density at radius 2 is 1.75 bits per heavy atom. The minimum atomic E-state index is -0.634. The highest BCUT2D eigenvalue weighted by Gasteiger charge is 2.08. The number of benzene rings is 1. The first-order valence-corrected chi connectivity index (χ1v) is 3.86. The lowest BCUT2D eigenvalue weighted by molar-refractivity contribution is 0.556. The summed E-state index contributed by atoms with van der Waals surface area (Å²) in [7, 11) is 0. The van der Waals surface area contributed by atoms with E-state index in [-0.39, 0.29) is 23.6 Å². The van der Waals surface area contributed by atoms with Gasteiger partial charge in [0.2, 0.25) is 0 Å². The molecule has 0 unspecified atom stereocenters. The fourth-order valence-electron chi connectivity index (χ4n) is 0.955. The van der Waals surface area contributed by atoms with Gasteiger partial charge in [-0.3, -0.25) is 0 Å². The molecule has 0 radical (unpaired) electrons. The van der Waals surface area contributed by atoms with Gasteiger partial charge in [-0.05, 0) is 25.1 Å². The van der Waals surface area contributed by atoms with E-state index in [1.54, 1.807) is 0 Å². The van der Waals surface area contributed by atoms with Gasteiger partial charge in [0.25, 0.3) is 0 Å². The molecule has 0 bridgehead atoms. The predicted octanol–water partition coefficient (Wildman–Crippen LogP) is 2.12. The van der Waals surface area contributed by atoms with E-state index in [2.05, 4.69) is 0 Å². The van der Waals surface area contributed by atoms with Gasteiger partial charge in [-0.1, -0.05) is 11.6 Å². The van der Waals surface area contributed by atoms with Gasteiger partial charge < -0.3 is 5.73 Å². The maximum Gasteiger partial charge on any atom is 0.130 e. The summed E-state index contributed by atoms with van der Waals surface area (Å²) in [6.07, 6.45) is 0.189. The topological polar surface area (TPSA) is 26.0 Å². The summed E-state index contributed by atoms with van der Waals surface area (Å²) in [5.74, 6) is -1.27. The average Bonchev–Trinajstić information content (AvgIpc) is 1.96. The van der Waals surface area contributed by atoms with Gasteiger partial charge in [-0.2, -0.15) is 0 Å². The van der Waals surface area contributed by atoms with E-state index >= 15 is 0 Å². The monoisotopic (exact) mass is 191 g/mol. The smallest absolute Gasteiger partial charge is 0.130 e. The van der Waals surface area contributed by atoms with Crippen LogP contribution in [-0.2, 0) is 6.42 Å². The maximum absolute atomic E-state index is 12.9. The molecule has 0 amide bonds. The van der Waals surface area contributed by atoms with Gasteiger partial charge in [0.1, 0.15) is 11.6 Å². The molecular weight excluding hydrogens is 184 g/mol. The minimum Gasteiger partial charge on any atom is -0.330 e. The molecule has 1 aromatic rings. The van der Waals surface area contributed by atoms with Crippen LogP contribution in [0.1, 0.15) is 5.56 Å². The molecule has 4 heteroatoms. The highest BCUT2D eigenvalue weighted by molar-refractivity contribution is 6.30. The van der Waals surface area contributed by atoms with Gasteiger partial charge in [-0.25, -0.2) is 8.78 Å². The van der Waals surface area contributed by atoms with Crippen LogP contribution in [0.4, 0.5) is 8.78 Å². The van der Waals surface area contributed by atoms with E-state index in [9.17, 15) is 8.78 Å². The van der Waals surface area contributed by atoms with Crippen LogP contribution in [-0.4, -0.2) is 6.54 Å². The van der Waals surface area contributed by atoms with Crippen LogP contribution in [0.15, 0.2) is 12.1 Å². The third-order valence-corrected chi connectivity index (χ3v) is 1.72. The SMILES string of the molecule is NCCc1c(F)cc(Cl)cc1F. The molecule has 1 nitrogen and oxygen atoms in total. The second-order valence-electron chi connectivity index (χ2n) is 2.39. The Kier molecular flexibility index (Phi) is 3.00. The largest absolute Gasteiger partial charge is 0.330 e. The molecule has 0 aliphatic rings. The standard InChI is InChI=1S/C8H8ClF2N/c9-5-3-7(10)6(1-2-12)8(11)4-5/h3-4H,1-2,12H2. The zero-order chi connectivity index (χ0) is 9.14. The third-order valence-electron chi connectivity index (χ3n) is 1.50. The van der Waals surface area contributed by atoms with Crippen molar-refractivity contribution in [2.45, 2.75) is 6.42 Å². The van der Waals surface area contributed by atoms with E-state index in [4.69, 9.17) is 17.3 Å². The molecule has 66 valence electrons. The Morgan fingerprint density at radius 3 is 2.17 bits per heavy atom. The van der Waals surface area contributed by atoms with Gasteiger partial charge in [0.15, 0.2) is 0 Å². The van der Waals surface area contributed by atoms with Crippen molar-refractivity contribution in [1.29, 1.82) is 0 Å². The zero-order valence-corrected chi connectivity index (χ0v) is 7.04. The van der Waals surface area contributed by atoms with Crippen molar-refractivity contribution in [3.63, 3.8) is 0 Å². The summed E-state index contributed by atoms with van der Waals surface area (Å²) in [5.41, 5.74) is 5.17. The minimum absolute atomic E-state index is 0.00176. The van der Waals surface area contributed by atoms with Gasteiger partial charge in [-0.15, -0.1) is 0 Å². The molecule has 0 atom stereocenters. The van der Waals surface area contributed by atoms with Gasteiger partial charge in [0, 0.05) is 10.6 Å². The molecule has 1 rings (SSSR count). The van der Waals surface area contributed by atoms with Crippen LogP contribution in [0.5, 0.6) is 0 Å². The number of nitrogens with two attached hydrogens (primary N) is 1. The lowest BCUT2D eigenvalue weighted by Crippen LogP contribution is -2.06. The lowest BCUT2D eigenvalue weighted by atomic mass is 10.1. The Bertz CT molecular complexity index is 265. The van der Waals surface area contributed by atoms with Crippen molar-refractivity contribution in [2.75, 3.05) is 6.54 Å². The summed E-state index contributed by atoms with van der Waals surface area (Å²) in [4.78, 5) is 0. The summed E-state index contributed by atoms with van der Waals surface area (Å²) in [6, 6.07) is 2.16. The van der Waals surface area contributed by atoms with Crippen molar-refractivity contribution >= 4 is 11.6 Å². The summed E-state index contributed by atoms with van der Waals surface area (Å²) < 4.78 is 25.8. The molecule has 0 aliphatic heterocycles. The first-order valence-electron chi connectivity index (χ1n) is 3.48. The predicted molar refractivity (Wildman–Crippen MR) is 44.1 cm³/mol. The number of rotatable bonds is 2. The van der Waals surface area contributed by atoms with E-state index < -0.39 is 11.6 Å². The highest BCUT2D eigenvalue weighted by atomic mass is 35.5. The molecule has 0 aromatic heterocycles. The molecule has 0 saturated heterocycles. The third kappa shape index (κ3) is 1.93. The van der Waals surface area contributed by atoms with Gasteiger partial charge >= 0.3 is 0 Å². The van der Waals surface area contributed by atoms with Gasteiger partial charge in [0.05, 0.1) is 0 Å². The van der Waals surface area contributed by atoms with E-state index in [0.29, 0.717) is 0 Å². The van der Waals surface area contributed by atoms with Crippen LogP contribution >= 0.6 is 11.6 Å². The summed E-state index contributed by atoms with van der Waals surface area (Å²) >= 11 is 5.41. The highest BCUT2D eigenvalue weighted by Crippen LogP contribution is 2.18. The molecule has 0 saturated carbocycles. The summed E-state index contributed by atoms with van der Waals surface area (Å²) in [6.45, 7) is 0.218. The number of hydrogen-bond acceptors (Lipinski definition) is 1. The first kappa shape index (κ1) is 9.42. The fraction of sp³-hybridized carbons (Fsp3) is 0.250. The Balaban J connectivity index is 3.10. The lowest BCUT2D eigenvalue weighted by Gasteiger charge is -2.02. The maximum atomic E-state index is 12.9. The van der Waals surface area contributed by atoms with Crippen LogP contribution in [0, 0.1) is 11.6 Å². The fourth-order valence-corrected chi connectivity index (χ4v) is 1.15. The molecule has 0 heterocycles.